The number of rotatable bonds is 3. The number of hydrogen-bond donors (Lipinski definition) is 1. The maximum absolute atomic E-state index is 12.4. The molecule has 108 valence electrons. The molecule has 0 aromatic rings. The minimum atomic E-state index is 0.107. The van der Waals surface area contributed by atoms with Gasteiger partial charge in [-0.3, -0.25) is 9.59 Å². The van der Waals surface area contributed by atoms with Crippen LogP contribution in [0.5, 0.6) is 0 Å². The number of carbonyl (C=O) groups excluding carboxylic acids is 2. The molecule has 2 rings (SSSR count). The van der Waals surface area contributed by atoms with E-state index in [2.05, 4.69) is 5.32 Å². The van der Waals surface area contributed by atoms with Crippen LogP contribution in [-0.2, 0) is 9.59 Å². The average molecular weight is 266 g/mol. The summed E-state index contributed by atoms with van der Waals surface area (Å²) < 4.78 is 0. The standard InChI is InChI=1S/C15H26N2O2/c1-2-16-14(18)12-8-10-17(11-9-12)15(19)13-6-4-3-5-7-13/h12-13H,2-11H2,1H3,(H,16,18). The fourth-order valence-electron chi connectivity index (χ4n) is 3.29. The van der Waals surface area contributed by atoms with Crippen LogP contribution >= 0.6 is 0 Å². The molecule has 0 spiro atoms. The fourth-order valence-corrected chi connectivity index (χ4v) is 3.29. The van der Waals surface area contributed by atoms with E-state index in [1.54, 1.807) is 0 Å². The van der Waals surface area contributed by atoms with Crippen LogP contribution in [0.1, 0.15) is 51.9 Å². The van der Waals surface area contributed by atoms with Crippen molar-refractivity contribution in [1.29, 1.82) is 0 Å². The van der Waals surface area contributed by atoms with E-state index in [1.807, 2.05) is 11.8 Å². The van der Waals surface area contributed by atoms with Gasteiger partial charge < -0.3 is 10.2 Å². The van der Waals surface area contributed by atoms with Crippen LogP contribution in [0.3, 0.4) is 0 Å². The molecule has 1 aliphatic carbocycles. The van der Waals surface area contributed by atoms with Crippen molar-refractivity contribution >= 4 is 11.8 Å². The first-order valence-electron chi connectivity index (χ1n) is 7.79. The van der Waals surface area contributed by atoms with Gasteiger partial charge in [-0.15, -0.1) is 0 Å². The Labute approximate surface area is 115 Å². The number of nitrogens with one attached hydrogen (secondary N) is 1. The zero-order chi connectivity index (χ0) is 13.7. The zero-order valence-corrected chi connectivity index (χ0v) is 12.0. The summed E-state index contributed by atoms with van der Waals surface area (Å²) in [6.45, 7) is 4.16. The number of carbonyl (C=O) groups is 2. The fraction of sp³-hybridized carbons (Fsp3) is 0.867. The van der Waals surface area contributed by atoms with Crippen LogP contribution in [0, 0.1) is 11.8 Å². The predicted octanol–water partition coefficient (Wildman–Crippen LogP) is 1.94. The number of amides is 2. The van der Waals surface area contributed by atoms with Crippen molar-refractivity contribution in [2.24, 2.45) is 11.8 Å². The Kier molecular flexibility index (Phi) is 5.23. The third kappa shape index (κ3) is 3.71. The van der Waals surface area contributed by atoms with Gasteiger partial charge in [0.05, 0.1) is 0 Å². The predicted molar refractivity (Wildman–Crippen MR) is 74.6 cm³/mol. The largest absolute Gasteiger partial charge is 0.356 e. The molecule has 1 saturated heterocycles. The molecule has 2 aliphatic rings. The van der Waals surface area contributed by atoms with Gasteiger partial charge in [-0.1, -0.05) is 19.3 Å². The van der Waals surface area contributed by atoms with Crippen molar-refractivity contribution in [3.8, 4) is 0 Å². The highest BCUT2D eigenvalue weighted by Gasteiger charge is 2.30. The lowest BCUT2D eigenvalue weighted by atomic mass is 9.87. The molecule has 0 unspecified atom stereocenters. The van der Waals surface area contributed by atoms with Crippen LogP contribution in [0.4, 0.5) is 0 Å². The molecule has 19 heavy (non-hydrogen) atoms. The van der Waals surface area contributed by atoms with Crippen molar-refractivity contribution < 1.29 is 9.59 Å². The summed E-state index contributed by atoms with van der Waals surface area (Å²) >= 11 is 0. The van der Waals surface area contributed by atoms with E-state index in [0.29, 0.717) is 12.5 Å². The van der Waals surface area contributed by atoms with Crippen LogP contribution in [0.25, 0.3) is 0 Å². The molecule has 2 fully saturated rings. The normalized spacial score (nSPS) is 22.3. The Hall–Kier alpha value is -1.06. The highest BCUT2D eigenvalue weighted by molar-refractivity contribution is 5.81. The van der Waals surface area contributed by atoms with Gasteiger partial charge in [-0.05, 0) is 32.6 Å². The first-order chi connectivity index (χ1) is 9.22. The first kappa shape index (κ1) is 14.4. The van der Waals surface area contributed by atoms with Gasteiger partial charge in [0.15, 0.2) is 0 Å². The van der Waals surface area contributed by atoms with Gasteiger partial charge >= 0.3 is 0 Å². The molecule has 0 atom stereocenters. The van der Waals surface area contributed by atoms with E-state index in [0.717, 1.165) is 38.8 Å². The van der Waals surface area contributed by atoms with Gasteiger partial charge in [0.1, 0.15) is 0 Å². The minimum absolute atomic E-state index is 0.107. The molecule has 1 heterocycles. The van der Waals surface area contributed by atoms with Gasteiger partial charge in [0.25, 0.3) is 0 Å². The summed E-state index contributed by atoms with van der Waals surface area (Å²) in [6, 6.07) is 0. The summed E-state index contributed by atoms with van der Waals surface area (Å²) in [5, 5.41) is 2.88. The van der Waals surface area contributed by atoms with Crippen LogP contribution in [0.15, 0.2) is 0 Å². The van der Waals surface area contributed by atoms with Gasteiger partial charge in [0, 0.05) is 31.5 Å². The number of nitrogens with zero attached hydrogens (tertiary/aromatic N) is 1. The Morgan fingerprint density at radius 1 is 1.00 bits per heavy atom. The summed E-state index contributed by atoms with van der Waals surface area (Å²) in [5.41, 5.74) is 0. The molecule has 0 radical (unpaired) electrons. The van der Waals surface area contributed by atoms with Gasteiger partial charge in [-0.2, -0.15) is 0 Å². The molecular formula is C15H26N2O2. The van der Waals surface area contributed by atoms with Crippen molar-refractivity contribution in [3.63, 3.8) is 0 Å². The Balaban J connectivity index is 1.79. The lowest BCUT2D eigenvalue weighted by Gasteiger charge is -2.34. The van der Waals surface area contributed by atoms with E-state index < -0.39 is 0 Å². The molecule has 1 saturated carbocycles. The van der Waals surface area contributed by atoms with Crippen LogP contribution in [-0.4, -0.2) is 36.3 Å². The molecule has 2 amide bonds. The maximum atomic E-state index is 12.4. The number of piperidine rings is 1. The molecule has 0 bridgehead atoms. The summed E-state index contributed by atoms with van der Waals surface area (Å²) in [6.07, 6.45) is 7.46. The summed E-state index contributed by atoms with van der Waals surface area (Å²) in [7, 11) is 0. The maximum Gasteiger partial charge on any atom is 0.225 e. The third-order valence-corrected chi connectivity index (χ3v) is 4.48. The number of hydrogen-bond acceptors (Lipinski definition) is 2. The zero-order valence-electron chi connectivity index (χ0n) is 12.0. The smallest absolute Gasteiger partial charge is 0.225 e. The second-order valence-corrected chi connectivity index (χ2v) is 5.83. The topological polar surface area (TPSA) is 49.4 Å². The molecular weight excluding hydrogens is 240 g/mol. The monoisotopic (exact) mass is 266 g/mol. The van der Waals surface area contributed by atoms with Crippen molar-refractivity contribution in [1.82, 2.24) is 10.2 Å². The lowest BCUT2D eigenvalue weighted by molar-refractivity contribution is -0.140. The molecule has 1 N–H and O–H groups in total. The van der Waals surface area contributed by atoms with Crippen molar-refractivity contribution in [2.45, 2.75) is 51.9 Å². The first-order valence-corrected chi connectivity index (χ1v) is 7.79. The van der Waals surface area contributed by atoms with E-state index in [9.17, 15) is 9.59 Å². The highest BCUT2D eigenvalue weighted by atomic mass is 16.2. The highest BCUT2D eigenvalue weighted by Crippen LogP contribution is 2.27. The Bertz CT molecular complexity index is 316. The average Bonchev–Trinajstić information content (AvgIpc) is 2.48. The summed E-state index contributed by atoms with van der Waals surface area (Å²) in [5.74, 6) is 0.867. The van der Waals surface area contributed by atoms with E-state index in [4.69, 9.17) is 0 Å². The second-order valence-electron chi connectivity index (χ2n) is 5.83. The molecule has 0 aromatic carbocycles. The molecule has 4 nitrogen and oxygen atoms in total. The van der Waals surface area contributed by atoms with Gasteiger partial charge in [-0.25, -0.2) is 0 Å². The molecule has 1 aliphatic heterocycles. The minimum Gasteiger partial charge on any atom is -0.356 e. The van der Waals surface area contributed by atoms with Crippen LogP contribution in [0.2, 0.25) is 0 Å². The quantitative estimate of drug-likeness (QED) is 0.848. The second kappa shape index (κ2) is 6.92. The lowest BCUT2D eigenvalue weighted by Crippen LogP contribution is -2.45. The SMILES string of the molecule is CCNC(=O)C1CCN(C(=O)C2CCCCC2)CC1. The number of likely N-dealkylation sites (tertiary alicyclic amines) is 1. The molecule has 4 heteroatoms. The van der Waals surface area contributed by atoms with Crippen molar-refractivity contribution in [2.75, 3.05) is 19.6 Å². The molecule has 0 aromatic heterocycles. The van der Waals surface area contributed by atoms with Crippen molar-refractivity contribution in [3.05, 3.63) is 0 Å². The third-order valence-electron chi connectivity index (χ3n) is 4.48. The van der Waals surface area contributed by atoms with E-state index in [1.165, 1.54) is 19.3 Å². The summed E-state index contributed by atoms with van der Waals surface area (Å²) in [4.78, 5) is 26.1. The van der Waals surface area contributed by atoms with Crippen LogP contribution < -0.4 is 5.32 Å². The van der Waals surface area contributed by atoms with Gasteiger partial charge in [0.2, 0.25) is 11.8 Å². The van der Waals surface area contributed by atoms with E-state index >= 15 is 0 Å². The Morgan fingerprint density at radius 2 is 1.63 bits per heavy atom. The Morgan fingerprint density at radius 3 is 2.21 bits per heavy atom. The van der Waals surface area contributed by atoms with E-state index in [-0.39, 0.29) is 17.7 Å².